The Hall–Kier alpha value is -0.850. The van der Waals surface area contributed by atoms with Crippen molar-refractivity contribution in [3.05, 3.63) is 42.5 Å². The highest BCUT2D eigenvalue weighted by Gasteiger charge is 2.28. The molecule has 1 aliphatic heterocycles. The van der Waals surface area contributed by atoms with Gasteiger partial charge in [-0.3, -0.25) is 4.79 Å². The fourth-order valence-electron chi connectivity index (χ4n) is 2.42. The molecule has 0 saturated heterocycles. The van der Waals surface area contributed by atoms with Crippen molar-refractivity contribution in [2.24, 2.45) is 0 Å². The maximum atomic E-state index is 12.7. The molecule has 2 aromatic rings. The molecule has 6 heteroatoms. The summed E-state index contributed by atoms with van der Waals surface area (Å²) in [6, 6.07) is 5.84. The van der Waals surface area contributed by atoms with Crippen LogP contribution in [0.15, 0.2) is 25.8 Å². The Bertz CT molecular complexity index is 711. The predicted octanol–water partition coefficient (Wildman–Crippen LogP) is 4.37. The zero-order valence-corrected chi connectivity index (χ0v) is 14.7. The lowest BCUT2D eigenvalue weighted by atomic mass is 10.1. The van der Waals surface area contributed by atoms with E-state index in [0.29, 0.717) is 12.1 Å². The quantitative estimate of drug-likeness (QED) is 0.703. The van der Waals surface area contributed by atoms with E-state index < -0.39 is 0 Å². The molecule has 1 aromatic heterocycles. The lowest BCUT2D eigenvalue weighted by Gasteiger charge is -2.18. The minimum Gasteiger partial charge on any atom is -0.398 e. The molecule has 0 atom stereocenters. The second-order valence-corrected chi connectivity index (χ2v) is 8.53. The molecule has 0 saturated carbocycles. The lowest BCUT2D eigenvalue weighted by molar-refractivity contribution is 0.0989. The van der Waals surface area contributed by atoms with E-state index >= 15 is 0 Å². The first-order valence-corrected chi connectivity index (χ1v) is 8.53. The number of nitrogen functional groups attached to an aromatic ring is 1. The van der Waals surface area contributed by atoms with Crippen LogP contribution < -0.4 is 10.6 Å². The lowest BCUT2D eigenvalue weighted by Crippen LogP contribution is -2.28. The normalized spacial score (nSPS) is 13.7. The van der Waals surface area contributed by atoms with Crippen molar-refractivity contribution < 1.29 is 4.79 Å². The summed E-state index contributed by atoms with van der Waals surface area (Å²) in [6.45, 7) is 2.70. The van der Waals surface area contributed by atoms with Crippen LogP contribution in [0.5, 0.6) is 0 Å². The van der Waals surface area contributed by atoms with Crippen LogP contribution >= 0.6 is 43.2 Å². The monoisotopic (exact) mass is 414 g/mol. The minimum atomic E-state index is 0.0147. The van der Waals surface area contributed by atoms with Gasteiger partial charge in [-0.25, -0.2) is 0 Å². The number of anilines is 2. The van der Waals surface area contributed by atoms with E-state index in [9.17, 15) is 4.79 Å². The van der Waals surface area contributed by atoms with Crippen LogP contribution in [0.3, 0.4) is 0 Å². The summed E-state index contributed by atoms with van der Waals surface area (Å²) in [6.07, 6.45) is 0.880. The summed E-state index contributed by atoms with van der Waals surface area (Å²) in [5, 5.41) is 0. The molecule has 3 nitrogen and oxygen atoms in total. The highest BCUT2D eigenvalue weighted by atomic mass is 79.9. The number of benzene rings is 1. The molecule has 0 fully saturated rings. The second-order valence-electron chi connectivity index (χ2n) is 4.78. The fourth-order valence-corrected chi connectivity index (χ4v) is 5.20. The number of rotatable bonds is 1. The van der Waals surface area contributed by atoms with Crippen LogP contribution in [0, 0.1) is 6.92 Å². The first-order chi connectivity index (χ1) is 9.47. The van der Waals surface area contributed by atoms with Crippen molar-refractivity contribution >= 4 is 60.5 Å². The minimum absolute atomic E-state index is 0.0147. The van der Waals surface area contributed by atoms with E-state index in [2.05, 4.69) is 37.9 Å². The van der Waals surface area contributed by atoms with Crippen molar-refractivity contribution in [2.75, 3.05) is 17.2 Å². The maximum Gasteiger partial charge on any atom is 0.260 e. The number of fused-ring (bicyclic) bond motifs is 1. The molecule has 1 amide bonds. The number of hydrogen-bond donors (Lipinski definition) is 1. The predicted molar refractivity (Wildman–Crippen MR) is 90.7 cm³/mol. The zero-order chi connectivity index (χ0) is 14.4. The summed E-state index contributed by atoms with van der Waals surface area (Å²) in [4.78, 5) is 14.5. The van der Waals surface area contributed by atoms with Gasteiger partial charge in [0.05, 0.1) is 13.1 Å². The van der Waals surface area contributed by atoms with E-state index in [-0.39, 0.29) is 5.91 Å². The van der Waals surface area contributed by atoms with Crippen molar-refractivity contribution in [2.45, 2.75) is 13.3 Å². The van der Waals surface area contributed by atoms with Gasteiger partial charge in [0.15, 0.2) is 0 Å². The number of halogens is 2. The topological polar surface area (TPSA) is 46.3 Å². The molecule has 0 unspecified atom stereocenters. The largest absolute Gasteiger partial charge is 0.398 e. The van der Waals surface area contributed by atoms with Gasteiger partial charge >= 0.3 is 0 Å². The van der Waals surface area contributed by atoms with E-state index in [0.717, 1.165) is 30.9 Å². The average molecular weight is 416 g/mol. The van der Waals surface area contributed by atoms with E-state index in [1.54, 1.807) is 0 Å². The first kappa shape index (κ1) is 14.1. The molecule has 1 aromatic carbocycles. The van der Waals surface area contributed by atoms with E-state index in [4.69, 9.17) is 5.73 Å². The van der Waals surface area contributed by atoms with Gasteiger partial charge in [-0.2, -0.15) is 0 Å². The number of thiophene rings is 1. The van der Waals surface area contributed by atoms with Crippen LogP contribution in [-0.2, 0) is 6.42 Å². The van der Waals surface area contributed by atoms with Crippen LogP contribution in [0.4, 0.5) is 11.4 Å². The SMILES string of the molecule is Cc1cc2c(cc1N)N(C(=O)c1cc(Br)sc1Br)CC2. The molecule has 2 heterocycles. The average Bonchev–Trinajstić information content (AvgIpc) is 2.93. The number of amides is 1. The molecule has 104 valence electrons. The molecule has 3 rings (SSSR count). The van der Waals surface area contributed by atoms with Crippen molar-refractivity contribution in [3.63, 3.8) is 0 Å². The number of carbonyl (C=O) groups excluding carboxylic acids is 1. The van der Waals surface area contributed by atoms with E-state index in [1.807, 2.05) is 24.0 Å². The Morgan fingerprint density at radius 3 is 2.75 bits per heavy atom. The van der Waals surface area contributed by atoms with Gasteiger partial charge in [-0.15, -0.1) is 11.3 Å². The smallest absolute Gasteiger partial charge is 0.260 e. The Kier molecular flexibility index (Phi) is 3.64. The van der Waals surface area contributed by atoms with Crippen molar-refractivity contribution in [1.82, 2.24) is 0 Å². The van der Waals surface area contributed by atoms with Crippen LogP contribution in [0.25, 0.3) is 0 Å². The number of nitrogens with two attached hydrogens (primary N) is 1. The highest BCUT2D eigenvalue weighted by molar-refractivity contribution is 9.12. The van der Waals surface area contributed by atoms with Gasteiger partial charge in [-0.05, 0) is 68.5 Å². The number of aryl methyl sites for hydroxylation is 1. The molecule has 0 radical (unpaired) electrons. The van der Waals surface area contributed by atoms with Gasteiger partial charge < -0.3 is 10.6 Å². The van der Waals surface area contributed by atoms with E-state index in [1.165, 1.54) is 16.9 Å². The Labute approximate surface area is 138 Å². The summed E-state index contributed by atoms with van der Waals surface area (Å²) >= 11 is 8.36. The molecular weight excluding hydrogens is 404 g/mol. The number of nitrogens with zero attached hydrogens (tertiary/aromatic N) is 1. The molecule has 0 aliphatic carbocycles. The molecular formula is C14H12Br2N2OS. The van der Waals surface area contributed by atoms with Gasteiger partial charge in [0, 0.05) is 17.9 Å². The third-order valence-corrected chi connectivity index (χ3v) is 5.83. The summed E-state index contributed by atoms with van der Waals surface area (Å²) < 4.78 is 1.79. The summed E-state index contributed by atoms with van der Waals surface area (Å²) in [7, 11) is 0. The molecule has 2 N–H and O–H groups in total. The van der Waals surface area contributed by atoms with Crippen LogP contribution in [-0.4, -0.2) is 12.5 Å². The van der Waals surface area contributed by atoms with Crippen molar-refractivity contribution in [3.8, 4) is 0 Å². The van der Waals surface area contributed by atoms with Crippen LogP contribution in [0.2, 0.25) is 0 Å². The highest BCUT2D eigenvalue weighted by Crippen LogP contribution is 2.37. The van der Waals surface area contributed by atoms with Crippen LogP contribution in [0.1, 0.15) is 21.5 Å². The first-order valence-electron chi connectivity index (χ1n) is 6.13. The number of carbonyl (C=O) groups is 1. The maximum absolute atomic E-state index is 12.7. The standard InChI is InChI=1S/C14H12Br2N2OS/c1-7-4-8-2-3-18(11(8)6-10(7)17)14(19)9-5-12(15)20-13(9)16/h4-6H,2-3,17H2,1H3. The van der Waals surface area contributed by atoms with Gasteiger partial charge in [0.1, 0.15) is 0 Å². The fraction of sp³-hybridized carbons (Fsp3) is 0.214. The Balaban J connectivity index is 2.01. The Morgan fingerprint density at radius 2 is 2.10 bits per heavy atom. The van der Waals surface area contributed by atoms with Gasteiger partial charge in [0.2, 0.25) is 0 Å². The third kappa shape index (κ3) is 2.29. The molecule has 1 aliphatic rings. The summed E-state index contributed by atoms with van der Waals surface area (Å²) in [5.41, 5.74) is 10.6. The zero-order valence-electron chi connectivity index (χ0n) is 10.7. The van der Waals surface area contributed by atoms with Crippen molar-refractivity contribution in [1.29, 1.82) is 0 Å². The summed E-state index contributed by atoms with van der Waals surface area (Å²) in [5.74, 6) is 0.0147. The third-order valence-electron chi connectivity index (χ3n) is 3.50. The number of hydrogen-bond acceptors (Lipinski definition) is 3. The Morgan fingerprint density at radius 1 is 1.35 bits per heavy atom. The molecule has 20 heavy (non-hydrogen) atoms. The van der Waals surface area contributed by atoms with Gasteiger partial charge in [-0.1, -0.05) is 6.07 Å². The van der Waals surface area contributed by atoms with Gasteiger partial charge in [0.25, 0.3) is 5.91 Å². The molecule has 0 spiro atoms. The molecule has 0 bridgehead atoms. The second kappa shape index (κ2) is 5.16.